The smallest absolute Gasteiger partial charge is 0.187 e. The van der Waals surface area contributed by atoms with E-state index in [1.807, 2.05) is 18.2 Å². The lowest BCUT2D eigenvalue weighted by molar-refractivity contribution is 0.0988. The summed E-state index contributed by atoms with van der Waals surface area (Å²) in [5.41, 5.74) is 1.17. The minimum Gasteiger partial charge on any atom is -0.292 e. The van der Waals surface area contributed by atoms with Crippen LogP contribution in [0.4, 0.5) is 0 Å². The molecule has 0 aliphatic carbocycles. The second-order valence-corrected chi connectivity index (χ2v) is 3.69. The monoisotopic (exact) mass is 232 g/mol. The molecule has 0 unspecified atom stereocenters. The predicted octanol–water partition coefficient (Wildman–Crippen LogP) is 2.56. The molecule has 0 spiro atoms. The Bertz CT molecular complexity index is 499. The van der Waals surface area contributed by atoms with Crippen molar-refractivity contribution in [2.24, 2.45) is 0 Å². The van der Waals surface area contributed by atoms with E-state index in [0.29, 0.717) is 10.7 Å². The molecule has 1 aromatic carbocycles. The van der Waals surface area contributed by atoms with Crippen LogP contribution in [0.2, 0.25) is 5.02 Å². The largest absolute Gasteiger partial charge is 0.292 e. The number of aromatic nitrogens is 2. The molecule has 3 nitrogen and oxygen atoms in total. The minimum absolute atomic E-state index is 0.0822. The second-order valence-electron chi connectivity index (χ2n) is 3.28. The number of carbonyl (C=O) groups is 1. The van der Waals surface area contributed by atoms with E-state index >= 15 is 0 Å². The number of carbonyl (C=O) groups excluding carboxylic acids is 1. The van der Waals surface area contributed by atoms with Gasteiger partial charge in [-0.05, 0) is 11.6 Å². The van der Waals surface area contributed by atoms with Crippen LogP contribution in [0.1, 0.15) is 16.1 Å². The first-order chi connectivity index (χ1) is 7.77. The van der Waals surface area contributed by atoms with E-state index in [2.05, 4.69) is 9.97 Å². The maximum Gasteiger partial charge on any atom is 0.187 e. The molecule has 0 saturated heterocycles. The molecule has 2 rings (SSSR count). The zero-order valence-electron chi connectivity index (χ0n) is 8.43. The molecule has 16 heavy (non-hydrogen) atoms. The Morgan fingerprint density at radius 1 is 1.25 bits per heavy atom. The molecule has 0 saturated carbocycles. The van der Waals surface area contributed by atoms with Crippen LogP contribution in [-0.2, 0) is 6.42 Å². The molecular weight excluding hydrogens is 224 g/mol. The Hall–Kier alpha value is -1.74. The number of hydrogen-bond acceptors (Lipinski definition) is 3. The molecule has 0 N–H and O–H groups in total. The van der Waals surface area contributed by atoms with Gasteiger partial charge in [0.1, 0.15) is 5.69 Å². The Morgan fingerprint density at radius 3 is 2.75 bits per heavy atom. The third kappa shape index (κ3) is 2.44. The van der Waals surface area contributed by atoms with Crippen LogP contribution in [0.15, 0.2) is 42.9 Å². The van der Waals surface area contributed by atoms with Gasteiger partial charge in [0.05, 0.1) is 6.20 Å². The van der Waals surface area contributed by atoms with Gasteiger partial charge in [0.2, 0.25) is 0 Å². The molecule has 1 aromatic heterocycles. The van der Waals surface area contributed by atoms with Crippen LogP contribution in [0.25, 0.3) is 0 Å². The Morgan fingerprint density at radius 2 is 2.06 bits per heavy atom. The van der Waals surface area contributed by atoms with Gasteiger partial charge < -0.3 is 0 Å². The average molecular weight is 233 g/mol. The van der Waals surface area contributed by atoms with Gasteiger partial charge in [-0.2, -0.15) is 0 Å². The maximum absolute atomic E-state index is 11.8. The number of halogens is 1. The van der Waals surface area contributed by atoms with E-state index in [4.69, 9.17) is 11.6 Å². The van der Waals surface area contributed by atoms with Gasteiger partial charge in [0.15, 0.2) is 5.78 Å². The van der Waals surface area contributed by atoms with Gasteiger partial charge in [-0.3, -0.25) is 9.78 Å². The molecule has 0 fully saturated rings. The highest BCUT2D eigenvalue weighted by atomic mass is 35.5. The highest BCUT2D eigenvalue weighted by molar-refractivity contribution is 6.31. The molecule has 0 amide bonds. The number of rotatable bonds is 3. The first kappa shape index (κ1) is 10.8. The molecule has 0 atom stereocenters. The molecule has 1 heterocycles. The van der Waals surface area contributed by atoms with Crippen molar-refractivity contribution in [3.05, 3.63) is 59.1 Å². The summed E-state index contributed by atoms with van der Waals surface area (Å²) < 4.78 is 0. The van der Waals surface area contributed by atoms with Crippen LogP contribution < -0.4 is 0 Å². The zero-order valence-corrected chi connectivity index (χ0v) is 9.19. The molecule has 0 aliphatic rings. The van der Waals surface area contributed by atoms with Crippen molar-refractivity contribution in [3.63, 3.8) is 0 Å². The third-order valence-corrected chi connectivity index (χ3v) is 2.53. The van der Waals surface area contributed by atoms with E-state index < -0.39 is 0 Å². The molecule has 80 valence electrons. The minimum atomic E-state index is -0.0822. The number of nitrogens with zero attached hydrogens (tertiary/aromatic N) is 2. The average Bonchev–Trinajstić information content (AvgIpc) is 2.33. The summed E-state index contributed by atoms with van der Waals surface area (Å²) >= 11 is 5.97. The Kier molecular flexibility index (Phi) is 3.27. The Balaban J connectivity index is 2.18. The van der Waals surface area contributed by atoms with Crippen LogP contribution in [-0.4, -0.2) is 15.8 Å². The van der Waals surface area contributed by atoms with Crippen molar-refractivity contribution in [3.8, 4) is 0 Å². The van der Waals surface area contributed by atoms with Crippen LogP contribution in [0.3, 0.4) is 0 Å². The first-order valence-corrected chi connectivity index (χ1v) is 5.18. The van der Waals surface area contributed by atoms with Crippen molar-refractivity contribution in [2.45, 2.75) is 6.42 Å². The maximum atomic E-state index is 11.8. The topological polar surface area (TPSA) is 42.9 Å². The second kappa shape index (κ2) is 4.86. The third-order valence-electron chi connectivity index (χ3n) is 2.16. The number of hydrogen-bond donors (Lipinski definition) is 0. The summed E-state index contributed by atoms with van der Waals surface area (Å²) in [5, 5.41) is 0.597. The van der Waals surface area contributed by atoms with Crippen LogP contribution in [0, 0.1) is 0 Å². The van der Waals surface area contributed by atoms with Gasteiger partial charge in [-0.1, -0.05) is 29.8 Å². The fourth-order valence-corrected chi connectivity index (χ4v) is 1.55. The van der Waals surface area contributed by atoms with Crippen molar-refractivity contribution in [2.75, 3.05) is 0 Å². The summed E-state index contributed by atoms with van der Waals surface area (Å²) in [5.74, 6) is -0.0822. The molecule has 2 aromatic rings. The highest BCUT2D eigenvalue weighted by Crippen LogP contribution is 2.16. The zero-order chi connectivity index (χ0) is 11.4. The van der Waals surface area contributed by atoms with E-state index in [0.717, 1.165) is 5.56 Å². The number of benzene rings is 1. The molecule has 0 radical (unpaired) electrons. The number of ketones is 1. The molecule has 0 bridgehead atoms. The fraction of sp³-hybridized carbons (Fsp3) is 0.0833. The first-order valence-electron chi connectivity index (χ1n) is 4.80. The fourth-order valence-electron chi connectivity index (χ4n) is 1.35. The van der Waals surface area contributed by atoms with E-state index in [1.54, 1.807) is 6.07 Å². The van der Waals surface area contributed by atoms with Crippen molar-refractivity contribution in [1.29, 1.82) is 0 Å². The summed E-state index contributed by atoms with van der Waals surface area (Å²) in [6.07, 6.45) is 4.74. The van der Waals surface area contributed by atoms with Gasteiger partial charge in [0, 0.05) is 23.8 Å². The molecular formula is C12H9ClN2O. The lowest BCUT2D eigenvalue weighted by Gasteiger charge is -2.02. The predicted molar refractivity (Wildman–Crippen MR) is 61.5 cm³/mol. The molecule has 0 aliphatic heterocycles. The standard InChI is InChI=1S/C12H9ClN2O/c13-10-4-2-1-3-9(10)7-12(16)11-8-14-5-6-15-11/h1-6,8H,7H2. The van der Waals surface area contributed by atoms with Gasteiger partial charge in [-0.15, -0.1) is 0 Å². The lowest BCUT2D eigenvalue weighted by Crippen LogP contribution is -2.06. The normalized spacial score (nSPS) is 10.1. The van der Waals surface area contributed by atoms with Gasteiger partial charge >= 0.3 is 0 Å². The number of Topliss-reactive ketones (excluding diaryl/α,β-unsaturated/α-hetero) is 1. The summed E-state index contributed by atoms with van der Waals surface area (Å²) in [4.78, 5) is 19.6. The Labute approximate surface area is 98.1 Å². The van der Waals surface area contributed by atoms with E-state index in [9.17, 15) is 4.79 Å². The lowest BCUT2D eigenvalue weighted by atomic mass is 10.1. The summed E-state index contributed by atoms with van der Waals surface area (Å²) in [6.45, 7) is 0. The van der Waals surface area contributed by atoms with Crippen molar-refractivity contribution in [1.82, 2.24) is 9.97 Å². The summed E-state index contributed by atoms with van der Waals surface area (Å²) in [7, 11) is 0. The van der Waals surface area contributed by atoms with Crippen LogP contribution >= 0.6 is 11.6 Å². The molecule has 4 heteroatoms. The van der Waals surface area contributed by atoms with E-state index in [1.165, 1.54) is 18.6 Å². The van der Waals surface area contributed by atoms with Gasteiger partial charge in [0.25, 0.3) is 0 Å². The van der Waals surface area contributed by atoms with Crippen molar-refractivity contribution < 1.29 is 4.79 Å². The van der Waals surface area contributed by atoms with E-state index in [-0.39, 0.29) is 12.2 Å². The summed E-state index contributed by atoms with van der Waals surface area (Å²) in [6, 6.07) is 7.28. The van der Waals surface area contributed by atoms with Crippen molar-refractivity contribution >= 4 is 17.4 Å². The van der Waals surface area contributed by atoms with Gasteiger partial charge in [-0.25, -0.2) is 4.98 Å². The van der Waals surface area contributed by atoms with Crippen LogP contribution in [0.5, 0.6) is 0 Å². The quantitative estimate of drug-likeness (QED) is 0.764. The highest BCUT2D eigenvalue weighted by Gasteiger charge is 2.10. The SMILES string of the molecule is O=C(Cc1ccccc1Cl)c1cnccn1.